The molecule has 140 valence electrons. The van der Waals surface area contributed by atoms with Gasteiger partial charge in [-0.2, -0.15) is 0 Å². The maximum Gasteiger partial charge on any atom is 0.272 e. The number of aliphatic hydroxyl groups is 1. The van der Waals surface area contributed by atoms with E-state index >= 15 is 0 Å². The first-order valence-electron chi connectivity index (χ1n) is 8.42. The lowest BCUT2D eigenvalue weighted by Gasteiger charge is -2.15. The number of rotatable bonds is 7. The molecule has 2 aromatic rings. The van der Waals surface area contributed by atoms with Crippen molar-refractivity contribution < 1.29 is 19.4 Å². The number of hydrogen-bond acceptors (Lipinski definition) is 5. The minimum atomic E-state index is -0.398. The van der Waals surface area contributed by atoms with Crippen LogP contribution in [0.15, 0.2) is 53.4 Å². The van der Waals surface area contributed by atoms with Crippen molar-refractivity contribution in [3.05, 3.63) is 64.0 Å². The average molecular weight is 404 g/mol. The Morgan fingerprint density at radius 3 is 2.30 bits per heavy atom. The first-order valence-corrected chi connectivity index (χ1v) is 9.78. The molecule has 1 aliphatic rings. The molecule has 0 saturated heterocycles. The lowest BCUT2D eigenvalue weighted by atomic mass is 10.1. The minimum Gasteiger partial charge on any atom is -0.494 e. The average Bonchev–Trinajstić information content (AvgIpc) is 2.92. The van der Waals surface area contributed by atoms with Gasteiger partial charge in [0.05, 0.1) is 29.4 Å². The zero-order valence-corrected chi connectivity index (χ0v) is 16.2. The lowest BCUT2D eigenvalue weighted by Crippen LogP contribution is -2.31. The van der Waals surface area contributed by atoms with Crippen LogP contribution in [0.1, 0.15) is 12.5 Å². The molecular weight excluding hydrogens is 386 g/mol. The van der Waals surface area contributed by atoms with Crippen molar-refractivity contribution in [2.45, 2.75) is 6.92 Å². The van der Waals surface area contributed by atoms with E-state index in [9.17, 15) is 9.59 Å². The molecule has 3 rings (SSSR count). The number of benzene rings is 2. The molecule has 0 aliphatic carbocycles. The Kier molecular flexibility index (Phi) is 6.21. The number of ether oxygens (including phenoxy) is 1. The molecule has 2 amide bonds. The Morgan fingerprint density at radius 2 is 1.70 bits per heavy atom. The molecule has 1 heterocycles. The summed E-state index contributed by atoms with van der Waals surface area (Å²) in [5.41, 5.74) is 1.42. The lowest BCUT2D eigenvalue weighted by molar-refractivity contribution is -0.119. The molecule has 0 spiro atoms. The van der Waals surface area contributed by atoms with E-state index in [1.165, 1.54) is 11.8 Å². The number of aliphatic hydroxyl groups excluding tert-OH is 1. The van der Waals surface area contributed by atoms with E-state index in [4.69, 9.17) is 21.4 Å². The summed E-state index contributed by atoms with van der Waals surface area (Å²) in [6.07, 6.45) is 0. The molecule has 0 atom stereocenters. The maximum atomic E-state index is 13.1. The van der Waals surface area contributed by atoms with Gasteiger partial charge < -0.3 is 9.84 Å². The number of carbonyl (C=O) groups is 2. The van der Waals surface area contributed by atoms with E-state index in [-0.39, 0.29) is 6.61 Å². The molecule has 0 saturated carbocycles. The van der Waals surface area contributed by atoms with Gasteiger partial charge in [0.25, 0.3) is 11.8 Å². The van der Waals surface area contributed by atoms with Crippen LogP contribution in [0.3, 0.4) is 0 Å². The van der Waals surface area contributed by atoms with Gasteiger partial charge in [0.1, 0.15) is 5.75 Å². The van der Waals surface area contributed by atoms with Gasteiger partial charge in [-0.1, -0.05) is 23.7 Å². The third kappa shape index (κ3) is 4.03. The Balaban J connectivity index is 2.01. The van der Waals surface area contributed by atoms with Crippen LogP contribution in [-0.2, 0) is 9.59 Å². The molecule has 1 N–H and O–H groups in total. The highest BCUT2D eigenvalue weighted by Gasteiger charge is 2.40. The fourth-order valence-electron chi connectivity index (χ4n) is 2.75. The summed E-state index contributed by atoms with van der Waals surface area (Å²) < 4.78 is 5.44. The number of carbonyl (C=O) groups excluding carboxylic acids is 2. The second-order valence-electron chi connectivity index (χ2n) is 5.66. The van der Waals surface area contributed by atoms with Crippen LogP contribution < -0.4 is 9.64 Å². The Bertz CT molecular complexity index is 878. The minimum absolute atomic E-state index is 0.0901. The topological polar surface area (TPSA) is 66.8 Å². The molecule has 27 heavy (non-hydrogen) atoms. The van der Waals surface area contributed by atoms with E-state index in [1.807, 2.05) is 6.92 Å². The SMILES string of the molecule is CCOc1ccc(C2=C(SCCO)C(=O)N(c3ccc(Cl)cc3)C2=O)cc1. The normalized spacial score (nSPS) is 14.3. The highest BCUT2D eigenvalue weighted by molar-refractivity contribution is 8.04. The molecule has 0 radical (unpaired) electrons. The van der Waals surface area contributed by atoms with Crippen molar-refractivity contribution in [2.75, 3.05) is 23.9 Å². The van der Waals surface area contributed by atoms with E-state index in [0.717, 1.165) is 4.90 Å². The van der Waals surface area contributed by atoms with Crippen LogP contribution in [-0.4, -0.2) is 35.9 Å². The number of anilines is 1. The summed E-state index contributed by atoms with van der Waals surface area (Å²) in [5, 5.41) is 9.68. The van der Waals surface area contributed by atoms with Crippen LogP contribution in [0.25, 0.3) is 5.57 Å². The van der Waals surface area contributed by atoms with Crippen molar-refractivity contribution in [3.8, 4) is 5.75 Å². The maximum absolute atomic E-state index is 13.1. The van der Waals surface area contributed by atoms with Crippen LogP contribution >= 0.6 is 23.4 Å². The van der Waals surface area contributed by atoms with Crippen LogP contribution in [0.2, 0.25) is 5.02 Å². The van der Waals surface area contributed by atoms with Gasteiger partial charge in [-0.3, -0.25) is 9.59 Å². The zero-order chi connectivity index (χ0) is 19.4. The van der Waals surface area contributed by atoms with E-state index in [2.05, 4.69) is 0 Å². The quantitative estimate of drug-likeness (QED) is 0.713. The van der Waals surface area contributed by atoms with Gasteiger partial charge in [-0.25, -0.2) is 4.90 Å². The highest BCUT2D eigenvalue weighted by atomic mass is 35.5. The van der Waals surface area contributed by atoms with E-state index < -0.39 is 11.8 Å². The van der Waals surface area contributed by atoms with Crippen LogP contribution in [0.5, 0.6) is 5.75 Å². The number of halogens is 1. The fourth-order valence-corrected chi connectivity index (χ4v) is 3.74. The van der Waals surface area contributed by atoms with Crippen LogP contribution in [0.4, 0.5) is 5.69 Å². The van der Waals surface area contributed by atoms with Gasteiger partial charge >= 0.3 is 0 Å². The smallest absolute Gasteiger partial charge is 0.272 e. The van der Waals surface area contributed by atoms with Crippen molar-refractivity contribution in [2.24, 2.45) is 0 Å². The predicted octanol–water partition coefficient (Wildman–Crippen LogP) is 3.75. The van der Waals surface area contributed by atoms with Gasteiger partial charge in [0.15, 0.2) is 0 Å². The van der Waals surface area contributed by atoms with Gasteiger partial charge in [0, 0.05) is 10.8 Å². The number of hydrogen-bond donors (Lipinski definition) is 1. The molecule has 0 unspecified atom stereocenters. The Hall–Kier alpha value is -2.28. The van der Waals surface area contributed by atoms with Gasteiger partial charge in [-0.15, -0.1) is 11.8 Å². The second kappa shape index (κ2) is 8.61. The number of imide groups is 1. The van der Waals surface area contributed by atoms with Crippen molar-refractivity contribution in [1.29, 1.82) is 0 Å². The van der Waals surface area contributed by atoms with Crippen LogP contribution in [0, 0.1) is 0 Å². The summed E-state index contributed by atoms with van der Waals surface area (Å²) in [6, 6.07) is 13.6. The standard InChI is InChI=1S/C20H18ClNO4S/c1-2-26-16-9-3-13(4-10-16)17-18(27-12-11-23)20(25)22(19(17)24)15-7-5-14(21)6-8-15/h3-10,23H,2,11-12H2,1H3. The number of nitrogens with zero attached hydrogens (tertiary/aromatic N) is 1. The van der Waals surface area contributed by atoms with E-state index in [1.54, 1.807) is 48.5 Å². The summed E-state index contributed by atoms with van der Waals surface area (Å²) in [5.74, 6) is 0.220. The number of thioether (sulfide) groups is 1. The third-order valence-electron chi connectivity index (χ3n) is 3.92. The summed E-state index contributed by atoms with van der Waals surface area (Å²) in [7, 11) is 0. The molecule has 0 bridgehead atoms. The predicted molar refractivity (Wildman–Crippen MR) is 108 cm³/mol. The second-order valence-corrected chi connectivity index (χ2v) is 7.20. The van der Waals surface area contributed by atoms with Crippen molar-refractivity contribution in [1.82, 2.24) is 0 Å². The Labute approximate surface area is 166 Å². The van der Waals surface area contributed by atoms with Gasteiger partial charge in [0.2, 0.25) is 0 Å². The Morgan fingerprint density at radius 1 is 1.04 bits per heavy atom. The number of amides is 2. The third-order valence-corrected chi connectivity index (χ3v) is 5.22. The molecule has 7 heteroatoms. The molecule has 1 aliphatic heterocycles. The molecule has 0 aromatic heterocycles. The summed E-state index contributed by atoms with van der Waals surface area (Å²) in [6.45, 7) is 2.35. The largest absolute Gasteiger partial charge is 0.494 e. The molecule has 2 aromatic carbocycles. The van der Waals surface area contributed by atoms with Crippen molar-refractivity contribution in [3.63, 3.8) is 0 Å². The molecule has 0 fully saturated rings. The van der Waals surface area contributed by atoms with E-state index in [0.29, 0.717) is 44.9 Å². The van der Waals surface area contributed by atoms with Gasteiger partial charge in [-0.05, 0) is 48.9 Å². The molecular formula is C20H18ClNO4S. The summed E-state index contributed by atoms with van der Waals surface area (Å²) in [4.78, 5) is 27.5. The monoisotopic (exact) mass is 403 g/mol. The molecule has 5 nitrogen and oxygen atoms in total. The first kappa shape index (κ1) is 19.5. The highest BCUT2D eigenvalue weighted by Crippen LogP contribution is 2.38. The van der Waals surface area contributed by atoms with Crippen molar-refractivity contribution >= 4 is 46.4 Å². The summed E-state index contributed by atoms with van der Waals surface area (Å²) >= 11 is 7.09. The first-order chi connectivity index (χ1) is 13.1. The zero-order valence-electron chi connectivity index (χ0n) is 14.6. The fraction of sp³-hybridized carbons (Fsp3) is 0.200.